The van der Waals surface area contributed by atoms with Crippen LogP contribution in [0.25, 0.3) is 10.9 Å². The lowest BCUT2D eigenvalue weighted by Crippen LogP contribution is -2.32. The third kappa shape index (κ3) is 3.25. The fourth-order valence-corrected chi connectivity index (χ4v) is 4.10. The van der Waals surface area contributed by atoms with Gasteiger partial charge in [0, 0.05) is 19.3 Å². The van der Waals surface area contributed by atoms with E-state index in [2.05, 4.69) is 14.9 Å². The van der Waals surface area contributed by atoms with Gasteiger partial charge < -0.3 is 0 Å². The van der Waals surface area contributed by atoms with Crippen LogP contribution in [0.5, 0.6) is 0 Å². The molecule has 6 heteroatoms. The van der Waals surface area contributed by atoms with Crippen LogP contribution in [0.1, 0.15) is 43.2 Å². The molecule has 1 aliphatic carbocycles. The third-order valence-corrected chi connectivity index (χ3v) is 5.70. The van der Waals surface area contributed by atoms with E-state index in [0.29, 0.717) is 5.92 Å². The normalized spacial score (nSPS) is 20.4. The maximum Gasteiger partial charge on any atom is 0.261 e. The minimum atomic E-state index is 0.108. The molecule has 6 nitrogen and oxygen atoms in total. The number of benzene rings is 1. The van der Waals surface area contributed by atoms with Gasteiger partial charge in [-0.3, -0.25) is 14.3 Å². The molecule has 0 radical (unpaired) electrons. The summed E-state index contributed by atoms with van der Waals surface area (Å²) in [7, 11) is 0. The Labute approximate surface area is 157 Å². The number of nitrogens with zero attached hydrogens (tertiary/aromatic N) is 5. The minimum absolute atomic E-state index is 0.108. The zero-order chi connectivity index (χ0) is 18.2. The first-order chi connectivity index (χ1) is 13.3. The Hall–Kier alpha value is -2.60. The molecule has 0 amide bonds. The Kier molecular flexibility index (Phi) is 4.20. The second kappa shape index (κ2) is 6.85. The summed E-state index contributed by atoms with van der Waals surface area (Å²) in [4.78, 5) is 29.0. The van der Waals surface area contributed by atoms with Gasteiger partial charge in [0.05, 0.1) is 22.6 Å². The van der Waals surface area contributed by atoms with Crippen molar-refractivity contribution in [3.8, 4) is 0 Å². The second-order valence-corrected chi connectivity index (χ2v) is 7.68. The van der Waals surface area contributed by atoms with E-state index in [1.165, 1.54) is 12.8 Å². The van der Waals surface area contributed by atoms with Gasteiger partial charge >= 0.3 is 0 Å². The van der Waals surface area contributed by atoms with Gasteiger partial charge in [0.2, 0.25) is 0 Å². The molecule has 2 fully saturated rings. The average Bonchev–Trinajstić information content (AvgIpc) is 3.41. The van der Waals surface area contributed by atoms with Gasteiger partial charge in [0.15, 0.2) is 0 Å². The zero-order valence-corrected chi connectivity index (χ0v) is 15.3. The first kappa shape index (κ1) is 16.6. The summed E-state index contributed by atoms with van der Waals surface area (Å²) in [6, 6.07) is 9.84. The number of para-hydroxylation sites is 1. The lowest BCUT2D eigenvalue weighted by molar-refractivity contribution is 0.229. The van der Waals surface area contributed by atoms with Crippen molar-refractivity contribution in [2.24, 2.45) is 5.92 Å². The largest absolute Gasteiger partial charge is 0.295 e. The zero-order valence-electron chi connectivity index (χ0n) is 15.3. The van der Waals surface area contributed by atoms with Crippen LogP contribution in [0.2, 0.25) is 0 Å². The quantitative estimate of drug-likeness (QED) is 0.699. The van der Waals surface area contributed by atoms with Crippen LogP contribution in [0.4, 0.5) is 0 Å². The standard InChI is InChI=1S/C21H23N5O/c27-21-17-4-1-2-5-18(17)24-20(26(21)12-15-7-8-15)19-6-3-11-25(19)13-16-9-10-22-14-23-16/h1-2,4-5,9-10,14-15,19H,3,6-8,11-13H2. The number of fused-ring (bicyclic) bond motifs is 1. The van der Waals surface area contributed by atoms with Crippen LogP contribution < -0.4 is 5.56 Å². The van der Waals surface area contributed by atoms with Crippen molar-refractivity contribution in [3.05, 3.63) is 64.7 Å². The van der Waals surface area contributed by atoms with Crippen molar-refractivity contribution >= 4 is 10.9 Å². The van der Waals surface area contributed by atoms with E-state index >= 15 is 0 Å². The Morgan fingerprint density at radius 2 is 2.00 bits per heavy atom. The first-order valence-corrected chi connectivity index (χ1v) is 9.78. The van der Waals surface area contributed by atoms with E-state index in [1.807, 2.05) is 34.9 Å². The Bertz CT molecular complexity index is 1010. The molecule has 1 unspecified atom stereocenters. The number of rotatable bonds is 5. The van der Waals surface area contributed by atoms with Gasteiger partial charge in [-0.25, -0.2) is 15.0 Å². The van der Waals surface area contributed by atoms with E-state index in [1.54, 1.807) is 12.5 Å². The highest BCUT2D eigenvalue weighted by Gasteiger charge is 2.32. The number of hydrogen-bond acceptors (Lipinski definition) is 5. The van der Waals surface area contributed by atoms with Crippen LogP contribution in [-0.4, -0.2) is 31.0 Å². The summed E-state index contributed by atoms with van der Waals surface area (Å²) in [5.74, 6) is 1.55. The number of likely N-dealkylation sites (tertiary alicyclic amines) is 1. The maximum atomic E-state index is 13.2. The molecule has 1 atom stereocenters. The molecule has 2 aliphatic rings. The Balaban J connectivity index is 1.56. The van der Waals surface area contributed by atoms with Crippen molar-refractivity contribution in [2.75, 3.05) is 6.54 Å². The van der Waals surface area contributed by atoms with Crippen LogP contribution >= 0.6 is 0 Å². The van der Waals surface area contributed by atoms with E-state index in [4.69, 9.17) is 4.98 Å². The number of hydrogen-bond donors (Lipinski definition) is 0. The fourth-order valence-electron chi connectivity index (χ4n) is 4.10. The van der Waals surface area contributed by atoms with E-state index in [0.717, 1.165) is 54.9 Å². The van der Waals surface area contributed by atoms with Crippen molar-refractivity contribution in [3.63, 3.8) is 0 Å². The van der Waals surface area contributed by atoms with E-state index in [-0.39, 0.29) is 11.6 Å². The summed E-state index contributed by atoms with van der Waals surface area (Å²) in [5, 5.41) is 0.724. The summed E-state index contributed by atoms with van der Waals surface area (Å²) in [6.07, 6.45) is 7.95. The molecule has 1 saturated carbocycles. The highest BCUT2D eigenvalue weighted by Crippen LogP contribution is 2.35. The number of aromatic nitrogens is 4. The minimum Gasteiger partial charge on any atom is -0.295 e. The summed E-state index contributed by atoms with van der Waals surface area (Å²) >= 11 is 0. The van der Waals surface area contributed by atoms with Gasteiger partial charge in [-0.05, 0) is 56.3 Å². The Morgan fingerprint density at radius 1 is 1.11 bits per heavy atom. The van der Waals surface area contributed by atoms with Crippen LogP contribution in [0.3, 0.4) is 0 Å². The van der Waals surface area contributed by atoms with Gasteiger partial charge in [0.1, 0.15) is 12.2 Å². The van der Waals surface area contributed by atoms with Crippen LogP contribution in [0, 0.1) is 5.92 Å². The molecule has 0 bridgehead atoms. The molecule has 0 N–H and O–H groups in total. The monoisotopic (exact) mass is 361 g/mol. The van der Waals surface area contributed by atoms with Gasteiger partial charge in [-0.1, -0.05) is 12.1 Å². The SMILES string of the molecule is O=c1c2ccccc2nc(C2CCCN2Cc2ccncn2)n1CC1CC1. The summed E-state index contributed by atoms with van der Waals surface area (Å²) in [6.45, 7) is 2.56. The molecule has 138 valence electrons. The van der Waals surface area contributed by atoms with Crippen LogP contribution in [-0.2, 0) is 13.1 Å². The summed E-state index contributed by atoms with van der Waals surface area (Å²) < 4.78 is 1.96. The second-order valence-electron chi connectivity index (χ2n) is 7.68. The van der Waals surface area contributed by atoms with E-state index < -0.39 is 0 Å². The smallest absolute Gasteiger partial charge is 0.261 e. The third-order valence-electron chi connectivity index (χ3n) is 5.70. The molecular weight excluding hydrogens is 338 g/mol. The van der Waals surface area contributed by atoms with Crippen molar-refractivity contribution in [2.45, 2.75) is 44.8 Å². The maximum absolute atomic E-state index is 13.2. The van der Waals surface area contributed by atoms with E-state index in [9.17, 15) is 4.79 Å². The lowest BCUT2D eigenvalue weighted by atomic mass is 10.1. The molecule has 0 spiro atoms. The molecule has 3 heterocycles. The molecule has 5 rings (SSSR count). The van der Waals surface area contributed by atoms with Crippen molar-refractivity contribution in [1.29, 1.82) is 0 Å². The average molecular weight is 361 g/mol. The predicted molar refractivity (Wildman–Crippen MR) is 103 cm³/mol. The van der Waals surface area contributed by atoms with Crippen LogP contribution in [0.15, 0.2) is 47.7 Å². The first-order valence-electron chi connectivity index (χ1n) is 9.78. The van der Waals surface area contributed by atoms with Gasteiger partial charge in [-0.15, -0.1) is 0 Å². The summed E-state index contributed by atoms with van der Waals surface area (Å²) in [5.41, 5.74) is 1.92. The van der Waals surface area contributed by atoms with Gasteiger partial charge in [0.25, 0.3) is 5.56 Å². The molecule has 1 aromatic carbocycles. The topological polar surface area (TPSA) is 63.9 Å². The molecule has 1 aliphatic heterocycles. The highest BCUT2D eigenvalue weighted by molar-refractivity contribution is 5.77. The van der Waals surface area contributed by atoms with Gasteiger partial charge in [-0.2, -0.15) is 0 Å². The fraction of sp³-hybridized carbons (Fsp3) is 0.429. The lowest BCUT2D eigenvalue weighted by Gasteiger charge is -2.26. The molecule has 1 saturated heterocycles. The highest BCUT2D eigenvalue weighted by atomic mass is 16.1. The molecule has 27 heavy (non-hydrogen) atoms. The van der Waals surface area contributed by atoms with Crippen molar-refractivity contribution < 1.29 is 0 Å². The Morgan fingerprint density at radius 3 is 2.81 bits per heavy atom. The molecule has 3 aromatic rings. The van der Waals surface area contributed by atoms with Crippen molar-refractivity contribution in [1.82, 2.24) is 24.4 Å². The predicted octanol–water partition coefficient (Wildman–Crippen LogP) is 2.93. The molecular formula is C21H23N5O. The molecule has 2 aromatic heterocycles.